The van der Waals surface area contributed by atoms with E-state index < -0.39 is 0 Å². The van der Waals surface area contributed by atoms with E-state index in [-0.39, 0.29) is 17.4 Å². The van der Waals surface area contributed by atoms with Gasteiger partial charge in [-0.1, -0.05) is 13.8 Å². The summed E-state index contributed by atoms with van der Waals surface area (Å²) in [6, 6.07) is 5.29. The average Bonchev–Trinajstić information content (AvgIpc) is 3.09. The van der Waals surface area contributed by atoms with Crippen LogP contribution in [0.1, 0.15) is 13.8 Å². The van der Waals surface area contributed by atoms with Crippen molar-refractivity contribution in [3.05, 3.63) is 53.3 Å². The minimum atomic E-state index is -0.383. The zero-order valence-electron chi connectivity index (χ0n) is 14.1. The van der Waals surface area contributed by atoms with Gasteiger partial charge in [0.15, 0.2) is 5.82 Å². The molecule has 1 amide bonds. The normalized spacial score (nSPS) is 11.3. The van der Waals surface area contributed by atoms with Gasteiger partial charge in [0.2, 0.25) is 5.91 Å². The first-order valence-corrected chi connectivity index (χ1v) is 8.03. The molecule has 9 heteroatoms. The third kappa shape index (κ3) is 2.59. The van der Waals surface area contributed by atoms with E-state index in [4.69, 9.17) is 0 Å². The van der Waals surface area contributed by atoms with Gasteiger partial charge in [0, 0.05) is 36.3 Å². The van der Waals surface area contributed by atoms with Crippen molar-refractivity contribution in [3.8, 4) is 11.4 Å². The third-order valence-corrected chi connectivity index (χ3v) is 3.93. The van der Waals surface area contributed by atoms with Crippen molar-refractivity contribution >= 4 is 22.6 Å². The van der Waals surface area contributed by atoms with Crippen molar-refractivity contribution in [1.82, 2.24) is 29.2 Å². The molecule has 0 saturated carbocycles. The second kappa shape index (κ2) is 6.03. The number of hydrogen-bond acceptors (Lipinski definition) is 6. The molecule has 0 radical (unpaired) electrons. The van der Waals surface area contributed by atoms with Crippen molar-refractivity contribution < 1.29 is 4.79 Å². The van der Waals surface area contributed by atoms with E-state index in [2.05, 4.69) is 25.5 Å². The topological polar surface area (TPSA) is 107 Å². The Kier molecular flexibility index (Phi) is 3.68. The molecular formula is C17H15N7O2. The first-order chi connectivity index (χ1) is 12.5. The molecule has 130 valence electrons. The minimum Gasteiger partial charge on any atom is -0.273 e. The first kappa shape index (κ1) is 15.9. The molecule has 0 bridgehead atoms. The zero-order valence-corrected chi connectivity index (χ0v) is 14.1. The maximum atomic E-state index is 12.6. The molecule has 0 atom stereocenters. The molecule has 0 aliphatic rings. The molecule has 4 aromatic rings. The molecule has 4 aromatic heterocycles. The van der Waals surface area contributed by atoms with Crippen molar-refractivity contribution in [1.29, 1.82) is 0 Å². The number of rotatable bonds is 3. The number of nitrogens with zero attached hydrogens (tertiary/aromatic N) is 6. The summed E-state index contributed by atoms with van der Waals surface area (Å²) in [6.45, 7) is 3.51. The van der Waals surface area contributed by atoms with E-state index in [0.717, 1.165) is 10.2 Å². The lowest BCUT2D eigenvalue weighted by molar-refractivity contribution is -0.119. The SMILES string of the molecule is CC(C)C(=O)Nn1ccc2c(cnc3nc(-c4ccncc4)nn32)c1=O. The fourth-order valence-electron chi connectivity index (χ4n) is 2.48. The van der Waals surface area contributed by atoms with Crippen LogP contribution >= 0.6 is 0 Å². The Hall–Kier alpha value is -3.62. The molecule has 0 saturated heterocycles. The smallest absolute Gasteiger partial charge is 0.273 e. The van der Waals surface area contributed by atoms with Crippen LogP contribution in [-0.4, -0.2) is 35.1 Å². The Morgan fingerprint density at radius 2 is 1.96 bits per heavy atom. The Balaban J connectivity index is 1.86. The van der Waals surface area contributed by atoms with Crippen LogP contribution in [0.3, 0.4) is 0 Å². The summed E-state index contributed by atoms with van der Waals surface area (Å²) >= 11 is 0. The zero-order chi connectivity index (χ0) is 18.3. The summed E-state index contributed by atoms with van der Waals surface area (Å²) in [5, 5.41) is 4.78. The monoisotopic (exact) mass is 349 g/mol. The number of pyridine rings is 2. The Morgan fingerprint density at radius 3 is 2.69 bits per heavy atom. The highest BCUT2D eigenvalue weighted by Crippen LogP contribution is 2.16. The summed E-state index contributed by atoms with van der Waals surface area (Å²) in [6.07, 6.45) is 6.25. The van der Waals surface area contributed by atoms with Gasteiger partial charge in [-0.25, -0.2) is 9.66 Å². The van der Waals surface area contributed by atoms with Crippen LogP contribution in [0.25, 0.3) is 28.1 Å². The number of nitrogens with one attached hydrogen (secondary N) is 1. The van der Waals surface area contributed by atoms with Gasteiger partial charge in [0.05, 0.1) is 10.9 Å². The molecule has 0 aliphatic heterocycles. The maximum Gasteiger partial charge on any atom is 0.280 e. The van der Waals surface area contributed by atoms with E-state index in [0.29, 0.717) is 22.5 Å². The fraction of sp³-hybridized carbons (Fsp3) is 0.176. The summed E-state index contributed by atoms with van der Waals surface area (Å²) in [5.41, 5.74) is 3.54. The molecule has 1 N–H and O–H groups in total. The number of carbonyl (C=O) groups excluding carboxylic acids is 1. The summed E-state index contributed by atoms with van der Waals surface area (Å²) in [4.78, 5) is 37.1. The number of carbonyl (C=O) groups is 1. The molecule has 0 spiro atoms. The summed E-state index contributed by atoms with van der Waals surface area (Å²) in [7, 11) is 0. The van der Waals surface area contributed by atoms with E-state index in [9.17, 15) is 9.59 Å². The van der Waals surface area contributed by atoms with Crippen LogP contribution in [0, 0.1) is 5.92 Å². The highest BCUT2D eigenvalue weighted by Gasteiger charge is 2.14. The summed E-state index contributed by atoms with van der Waals surface area (Å²) < 4.78 is 2.67. The van der Waals surface area contributed by atoms with Gasteiger partial charge >= 0.3 is 0 Å². The first-order valence-electron chi connectivity index (χ1n) is 8.03. The largest absolute Gasteiger partial charge is 0.280 e. The van der Waals surface area contributed by atoms with Gasteiger partial charge in [-0.3, -0.25) is 20.0 Å². The lowest BCUT2D eigenvalue weighted by Gasteiger charge is -2.10. The number of hydrogen-bond donors (Lipinski definition) is 1. The maximum absolute atomic E-state index is 12.6. The van der Waals surface area contributed by atoms with Gasteiger partial charge in [0.25, 0.3) is 11.3 Å². The number of fused-ring (bicyclic) bond motifs is 3. The van der Waals surface area contributed by atoms with Gasteiger partial charge in [-0.05, 0) is 18.2 Å². The van der Waals surface area contributed by atoms with Gasteiger partial charge < -0.3 is 0 Å². The van der Waals surface area contributed by atoms with E-state index in [1.807, 2.05) is 0 Å². The average molecular weight is 349 g/mol. The Bertz CT molecular complexity index is 1180. The van der Waals surface area contributed by atoms with Crippen LogP contribution in [0.2, 0.25) is 0 Å². The Morgan fingerprint density at radius 1 is 1.19 bits per heavy atom. The number of amides is 1. The van der Waals surface area contributed by atoms with Crippen molar-refractivity contribution in [2.45, 2.75) is 13.8 Å². The molecule has 26 heavy (non-hydrogen) atoms. The second-order valence-corrected chi connectivity index (χ2v) is 6.06. The lowest BCUT2D eigenvalue weighted by atomic mass is 10.2. The number of aromatic nitrogens is 6. The molecule has 0 aliphatic carbocycles. The standard InChI is InChI=1S/C17H15N7O2/c1-10(2)15(25)22-23-8-5-13-12(16(23)26)9-19-17-20-14(21-24(13)17)11-3-6-18-7-4-11/h3-10H,1-2H3,(H,22,25). The van der Waals surface area contributed by atoms with Crippen LogP contribution in [0.4, 0.5) is 0 Å². The summed E-state index contributed by atoms with van der Waals surface area (Å²) in [5.74, 6) is 0.384. The fourth-order valence-corrected chi connectivity index (χ4v) is 2.48. The second-order valence-electron chi connectivity index (χ2n) is 6.06. The van der Waals surface area contributed by atoms with Gasteiger partial charge in [-0.15, -0.1) is 5.10 Å². The predicted molar refractivity (Wildman–Crippen MR) is 95.0 cm³/mol. The molecular weight excluding hydrogens is 334 g/mol. The quantitative estimate of drug-likeness (QED) is 0.596. The van der Waals surface area contributed by atoms with Crippen LogP contribution < -0.4 is 11.0 Å². The minimum absolute atomic E-state index is 0.239. The molecule has 0 unspecified atom stereocenters. The van der Waals surface area contributed by atoms with Gasteiger partial charge in [-0.2, -0.15) is 9.50 Å². The van der Waals surface area contributed by atoms with Crippen LogP contribution in [0.15, 0.2) is 47.8 Å². The molecule has 4 heterocycles. The highest BCUT2D eigenvalue weighted by atomic mass is 16.2. The van der Waals surface area contributed by atoms with Gasteiger partial charge in [0.1, 0.15) is 0 Å². The third-order valence-electron chi connectivity index (χ3n) is 3.93. The molecule has 9 nitrogen and oxygen atoms in total. The van der Waals surface area contributed by atoms with E-state index in [1.165, 1.54) is 16.9 Å². The van der Waals surface area contributed by atoms with E-state index >= 15 is 0 Å². The highest BCUT2D eigenvalue weighted by molar-refractivity contribution is 5.86. The van der Waals surface area contributed by atoms with Crippen molar-refractivity contribution in [2.75, 3.05) is 5.43 Å². The van der Waals surface area contributed by atoms with Crippen molar-refractivity contribution in [2.24, 2.45) is 5.92 Å². The Labute approximate surface area is 147 Å². The van der Waals surface area contributed by atoms with Crippen LogP contribution in [-0.2, 0) is 4.79 Å². The predicted octanol–water partition coefficient (Wildman–Crippen LogP) is 1.23. The molecule has 0 fully saturated rings. The molecule has 4 rings (SSSR count). The van der Waals surface area contributed by atoms with Crippen LogP contribution in [0.5, 0.6) is 0 Å². The van der Waals surface area contributed by atoms with E-state index in [1.54, 1.807) is 44.4 Å². The van der Waals surface area contributed by atoms with Crippen molar-refractivity contribution in [3.63, 3.8) is 0 Å². The lowest BCUT2D eigenvalue weighted by Crippen LogP contribution is -2.35. The molecule has 0 aromatic carbocycles.